The van der Waals surface area contributed by atoms with Gasteiger partial charge in [0, 0.05) is 36.6 Å². The SMILES string of the molecule is CCCS(=O)(=O)N1CCC(c2nc(C(=O)N3CCCC4CCCC=C43)cs2)CC1. The van der Waals surface area contributed by atoms with Crippen LogP contribution in [-0.4, -0.2) is 53.9 Å². The second-order valence-electron chi connectivity index (χ2n) is 8.42. The topological polar surface area (TPSA) is 70.6 Å². The molecule has 1 aromatic rings. The minimum atomic E-state index is -3.12. The number of thiazole rings is 1. The molecule has 29 heavy (non-hydrogen) atoms. The van der Waals surface area contributed by atoms with Crippen molar-refractivity contribution in [1.29, 1.82) is 0 Å². The number of sulfonamides is 1. The Morgan fingerprint density at radius 2 is 1.90 bits per heavy atom. The van der Waals surface area contributed by atoms with Crippen LogP contribution in [0.15, 0.2) is 17.2 Å². The van der Waals surface area contributed by atoms with E-state index in [4.69, 9.17) is 4.98 Å². The first-order chi connectivity index (χ1) is 14.0. The number of fused-ring (bicyclic) bond motifs is 1. The number of likely N-dealkylation sites (tertiary alicyclic amines) is 1. The van der Waals surface area contributed by atoms with Gasteiger partial charge in [0.1, 0.15) is 5.69 Å². The van der Waals surface area contributed by atoms with Crippen LogP contribution in [0.2, 0.25) is 0 Å². The van der Waals surface area contributed by atoms with E-state index in [2.05, 4.69) is 6.08 Å². The minimum absolute atomic E-state index is 0.0355. The van der Waals surface area contributed by atoms with Crippen molar-refractivity contribution < 1.29 is 13.2 Å². The molecule has 3 aliphatic rings. The zero-order chi connectivity index (χ0) is 20.4. The lowest BCUT2D eigenvalue weighted by Crippen LogP contribution is -2.39. The van der Waals surface area contributed by atoms with Crippen LogP contribution in [0.25, 0.3) is 0 Å². The van der Waals surface area contributed by atoms with E-state index >= 15 is 0 Å². The van der Waals surface area contributed by atoms with Crippen LogP contribution in [0, 0.1) is 5.92 Å². The summed E-state index contributed by atoms with van der Waals surface area (Å²) in [7, 11) is -3.12. The number of piperidine rings is 2. The predicted molar refractivity (Wildman–Crippen MR) is 115 cm³/mol. The Bertz CT molecular complexity index is 869. The van der Waals surface area contributed by atoms with E-state index in [1.807, 2.05) is 17.2 Å². The summed E-state index contributed by atoms with van der Waals surface area (Å²) in [5, 5.41) is 2.87. The summed E-state index contributed by atoms with van der Waals surface area (Å²) in [6, 6.07) is 0. The minimum Gasteiger partial charge on any atom is -0.311 e. The highest BCUT2D eigenvalue weighted by Gasteiger charge is 2.33. The fourth-order valence-electron chi connectivity index (χ4n) is 4.87. The Morgan fingerprint density at radius 3 is 2.66 bits per heavy atom. The molecule has 1 aliphatic carbocycles. The number of amides is 1. The Hall–Kier alpha value is -1.25. The highest BCUT2D eigenvalue weighted by atomic mass is 32.2. The van der Waals surface area contributed by atoms with Gasteiger partial charge in [-0.3, -0.25) is 4.79 Å². The molecule has 2 saturated heterocycles. The molecule has 0 bridgehead atoms. The molecule has 160 valence electrons. The van der Waals surface area contributed by atoms with Crippen LogP contribution in [0.3, 0.4) is 0 Å². The van der Waals surface area contributed by atoms with Gasteiger partial charge < -0.3 is 4.90 Å². The zero-order valence-electron chi connectivity index (χ0n) is 17.2. The molecule has 0 aromatic carbocycles. The lowest BCUT2D eigenvalue weighted by molar-refractivity contribution is 0.0743. The van der Waals surface area contributed by atoms with Crippen molar-refractivity contribution in [3.05, 3.63) is 27.9 Å². The fourth-order valence-corrected chi connectivity index (χ4v) is 7.38. The van der Waals surface area contributed by atoms with Gasteiger partial charge in [0.25, 0.3) is 5.91 Å². The molecule has 1 unspecified atom stereocenters. The third kappa shape index (κ3) is 4.44. The molecular weight excluding hydrogens is 406 g/mol. The number of hydrogen-bond acceptors (Lipinski definition) is 5. The highest BCUT2D eigenvalue weighted by Crippen LogP contribution is 2.36. The largest absolute Gasteiger partial charge is 0.311 e. The summed E-state index contributed by atoms with van der Waals surface area (Å²) in [5.74, 6) is 1.04. The molecule has 0 saturated carbocycles. The van der Waals surface area contributed by atoms with E-state index < -0.39 is 10.0 Å². The van der Waals surface area contributed by atoms with Crippen LogP contribution in [0.1, 0.15) is 79.7 Å². The normalized spacial score (nSPS) is 24.2. The second-order valence-corrected chi connectivity index (χ2v) is 11.4. The van der Waals surface area contributed by atoms with E-state index in [1.54, 1.807) is 15.6 Å². The zero-order valence-corrected chi connectivity index (χ0v) is 18.8. The summed E-state index contributed by atoms with van der Waals surface area (Å²) >= 11 is 1.55. The Labute approximate surface area is 178 Å². The fraction of sp³-hybridized carbons (Fsp3) is 0.714. The molecule has 1 aromatic heterocycles. The molecule has 2 aliphatic heterocycles. The van der Waals surface area contributed by atoms with E-state index in [0.717, 1.165) is 37.2 Å². The summed E-state index contributed by atoms with van der Waals surface area (Å²) < 4.78 is 26.2. The maximum atomic E-state index is 13.1. The maximum Gasteiger partial charge on any atom is 0.277 e. The number of carbonyl (C=O) groups excluding carboxylic acids is 1. The lowest BCUT2D eigenvalue weighted by Gasteiger charge is -2.37. The van der Waals surface area contributed by atoms with Gasteiger partial charge >= 0.3 is 0 Å². The van der Waals surface area contributed by atoms with Crippen molar-refractivity contribution in [2.24, 2.45) is 5.92 Å². The second kappa shape index (κ2) is 8.86. The van der Waals surface area contributed by atoms with Crippen molar-refractivity contribution in [3.63, 3.8) is 0 Å². The molecule has 3 heterocycles. The van der Waals surface area contributed by atoms with Gasteiger partial charge in [-0.25, -0.2) is 17.7 Å². The van der Waals surface area contributed by atoms with Crippen molar-refractivity contribution in [2.75, 3.05) is 25.4 Å². The first kappa shape index (κ1) is 21.0. The van der Waals surface area contributed by atoms with Crippen LogP contribution in [-0.2, 0) is 10.0 Å². The number of rotatable bonds is 5. The van der Waals surface area contributed by atoms with Gasteiger partial charge in [-0.05, 0) is 57.3 Å². The first-order valence-corrected chi connectivity index (χ1v) is 13.4. The van der Waals surface area contributed by atoms with Crippen LogP contribution in [0.4, 0.5) is 0 Å². The van der Waals surface area contributed by atoms with Crippen molar-refractivity contribution in [3.8, 4) is 0 Å². The predicted octanol–water partition coefficient (Wildman–Crippen LogP) is 3.98. The van der Waals surface area contributed by atoms with Crippen LogP contribution >= 0.6 is 11.3 Å². The van der Waals surface area contributed by atoms with Crippen LogP contribution < -0.4 is 0 Å². The van der Waals surface area contributed by atoms with Gasteiger partial charge in [0.05, 0.1) is 10.8 Å². The van der Waals surface area contributed by atoms with Crippen molar-refractivity contribution in [1.82, 2.24) is 14.2 Å². The number of carbonyl (C=O) groups is 1. The summed E-state index contributed by atoms with van der Waals surface area (Å²) in [4.78, 5) is 19.8. The number of nitrogens with zero attached hydrogens (tertiary/aromatic N) is 3. The molecule has 0 spiro atoms. The Balaban J connectivity index is 1.41. The molecule has 6 nitrogen and oxygen atoms in total. The Kier molecular flexibility index (Phi) is 6.41. The maximum absolute atomic E-state index is 13.1. The molecule has 0 N–H and O–H groups in total. The molecule has 4 rings (SSSR count). The average molecular weight is 438 g/mol. The van der Waals surface area contributed by atoms with Crippen molar-refractivity contribution >= 4 is 27.3 Å². The van der Waals surface area contributed by atoms with E-state index in [1.165, 1.54) is 25.0 Å². The first-order valence-electron chi connectivity index (χ1n) is 10.9. The van der Waals surface area contributed by atoms with Gasteiger partial charge in [-0.15, -0.1) is 11.3 Å². The summed E-state index contributed by atoms with van der Waals surface area (Å²) in [5.41, 5.74) is 1.77. The molecular formula is C21H31N3O3S2. The van der Waals surface area contributed by atoms with E-state index in [9.17, 15) is 13.2 Å². The summed E-state index contributed by atoms with van der Waals surface area (Å²) in [6.45, 7) is 3.79. The number of allylic oxidation sites excluding steroid dienone is 2. The number of hydrogen-bond donors (Lipinski definition) is 0. The molecule has 0 radical (unpaired) electrons. The molecule has 1 amide bonds. The third-order valence-corrected chi connectivity index (χ3v) is 9.50. The standard InChI is InChI=1S/C21H31N3O3S2/c1-2-14-29(26,27)23-12-9-17(10-13-23)20-22-18(15-28-20)21(25)24-11-5-7-16-6-3-4-8-19(16)24/h8,15-17H,2-7,9-14H2,1H3. The molecule has 8 heteroatoms. The number of aromatic nitrogens is 1. The van der Waals surface area contributed by atoms with E-state index in [0.29, 0.717) is 31.1 Å². The van der Waals surface area contributed by atoms with Crippen LogP contribution in [0.5, 0.6) is 0 Å². The highest BCUT2D eigenvalue weighted by molar-refractivity contribution is 7.89. The monoisotopic (exact) mass is 437 g/mol. The van der Waals surface area contributed by atoms with E-state index in [-0.39, 0.29) is 17.6 Å². The molecule has 2 fully saturated rings. The quantitative estimate of drug-likeness (QED) is 0.698. The lowest BCUT2D eigenvalue weighted by atomic mass is 9.85. The molecule has 1 atom stereocenters. The van der Waals surface area contributed by atoms with Gasteiger partial charge in [-0.1, -0.05) is 13.0 Å². The van der Waals surface area contributed by atoms with Crippen molar-refractivity contribution in [2.45, 2.75) is 64.2 Å². The third-order valence-electron chi connectivity index (χ3n) is 6.42. The Morgan fingerprint density at radius 1 is 1.14 bits per heavy atom. The smallest absolute Gasteiger partial charge is 0.277 e. The average Bonchev–Trinajstić information content (AvgIpc) is 3.23. The van der Waals surface area contributed by atoms with Gasteiger partial charge in [-0.2, -0.15) is 0 Å². The summed E-state index contributed by atoms with van der Waals surface area (Å²) in [6.07, 6.45) is 10.2. The van der Waals surface area contributed by atoms with Gasteiger partial charge in [0.15, 0.2) is 0 Å². The van der Waals surface area contributed by atoms with Gasteiger partial charge in [0.2, 0.25) is 10.0 Å².